The van der Waals surface area contributed by atoms with Crippen LogP contribution in [0.4, 0.5) is 0 Å². The number of nitrogens with two attached hydrogens (primary N) is 2. The third-order valence-electron chi connectivity index (χ3n) is 1.01. The summed E-state index contributed by atoms with van der Waals surface area (Å²) in [4.78, 5) is 0. The molecule has 0 aromatic heterocycles. The summed E-state index contributed by atoms with van der Waals surface area (Å²) in [5.74, 6) is -0.449. The van der Waals surface area contributed by atoms with Gasteiger partial charge in [-0.05, 0) is 6.20 Å². The molecule has 0 radical (unpaired) electrons. The zero-order valence-corrected chi connectivity index (χ0v) is 5.07. The van der Waals surface area contributed by atoms with Crippen molar-refractivity contribution in [2.75, 3.05) is 6.54 Å². The van der Waals surface area contributed by atoms with Crippen molar-refractivity contribution in [2.24, 2.45) is 17.4 Å². The Balaban J connectivity index is 3.68. The Bertz CT molecular complexity index is 93.0. The van der Waals surface area contributed by atoms with Crippen molar-refractivity contribution in [1.29, 1.82) is 0 Å². The van der Waals surface area contributed by atoms with Gasteiger partial charge in [0.25, 0.3) is 0 Å². The smallest absolute Gasteiger partial charge is 0.159 e. The van der Waals surface area contributed by atoms with Gasteiger partial charge in [-0.3, -0.25) is 0 Å². The Hall–Kier alpha value is -0.580. The van der Waals surface area contributed by atoms with E-state index in [1.165, 1.54) is 12.3 Å². The summed E-state index contributed by atoms with van der Waals surface area (Å²) in [6, 6.07) is 0. The van der Waals surface area contributed by atoms with Crippen LogP contribution < -0.4 is 11.5 Å². The number of hydrogen-bond acceptors (Lipinski definition) is 4. The molecule has 0 saturated heterocycles. The maximum Gasteiger partial charge on any atom is 0.159 e. The fraction of sp³-hybridized carbons (Fsp3) is 0.600. The van der Waals surface area contributed by atoms with Crippen molar-refractivity contribution >= 4 is 0 Å². The molecule has 0 amide bonds. The summed E-state index contributed by atoms with van der Waals surface area (Å²) in [5.41, 5.74) is 10.1. The molecule has 9 heavy (non-hydrogen) atoms. The van der Waals surface area contributed by atoms with Gasteiger partial charge in [-0.1, -0.05) is 6.08 Å². The number of hydrogen-bond donors (Lipinski definition) is 4. The largest absolute Gasteiger partial charge is 0.405 e. The van der Waals surface area contributed by atoms with Gasteiger partial charge in [-0.15, -0.1) is 0 Å². The molecule has 0 saturated carbocycles. The van der Waals surface area contributed by atoms with Crippen LogP contribution in [0.25, 0.3) is 0 Å². The molecule has 4 nitrogen and oxygen atoms in total. The normalized spacial score (nSPS) is 15.1. The Kier molecular flexibility index (Phi) is 4.04. The van der Waals surface area contributed by atoms with Gasteiger partial charge in [0.1, 0.15) is 0 Å². The molecule has 6 N–H and O–H groups in total. The van der Waals surface area contributed by atoms with E-state index in [2.05, 4.69) is 0 Å². The fourth-order valence-corrected chi connectivity index (χ4v) is 0.442. The highest BCUT2D eigenvalue weighted by molar-refractivity contribution is 4.86. The minimum Gasteiger partial charge on any atom is -0.405 e. The first-order chi connectivity index (χ1) is 4.22. The second-order valence-corrected chi connectivity index (χ2v) is 1.70. The average molecular weight is 132 g/mol. The van der Waals surface area contributed by atoms with Gasteiger partial charge in [0.15, 0.2) is 6.29 Å². The van der Waals surface area contributed by atoms with E-state index in [0.717, 1.165) is 0 Å². The van der Waals surface area contributed by atoms with Crippen LogP contribution >= 0.6 is 0 Å². The number of rotatable bonds is 3. The van der Waals surface area contributed by atoms with Crippen LogP contribution in [-0.4, -0.2) is 23.0 Å². The summed E-state index contributed by atoms with van der Waals surface area (Å²) < 4.78 is 0. The molecule has 0 aliphatic rings. The summed E-state index contributed by atoms with van der Waals surface area (Å²) in [6.07, 6.45) is 1.29. The standard InChI is InChI=1S/C5H12N2O2/c6-2-1-4(3-7)5(8)9/h1-2,4-5,8-9H,3,6-7H2/b2-1-. The van der Waals surface area contributed by atoms with Gasteiger partial charge in [0.05, 0.1) is 0 Å². The Morgan fingerprint density at radius 2 is 2.00 bits per heavy atom. The molecule has 1 atom stereocenters. The number of aliphatic hydroxyl groups is 2. The van der Waals surface area contributed by atoms with Crippen LogP contribution in [-0.2, 0) is 0 Å². The highest BCUT2D eigenvalue weighted by Gasteiger charge is 2.09. The monoisotopic (exact) mass is 132 g/mol. The Morgan fingerprint density at radius 1 is 1.44 bits per heavy atom. The molecule has 4 heteroatoms. The van der Waals surface area contributed by atoms with Crippen molar-refractivity contribution in [3.8, 4) is 0 Å². The highest BCUT2D eigenvalue weighted by atomic mass is 16.5. The first-order valence-corrected chi connectivity index (χ1v) is 2.67. The first kappa shape index (κ1) is 8.42. The van der Waals surface area contributed by atoms with Crippen LogP contribution in [0.1, 0.15) is 0 Å². The summed E-state index contributed by atoms with van der Waals surface area (Å²) in [7, 11) is 0. The van der Waals surface area contributed by atoms with E-state index in [4.69, 9.17) is 21.7 Å². The lowest BCUT2D eigenvalue weighted by molar-refractivity contribution is -0.0674. The maximum atomic E-state index is 8.51. The van der Waals surface area contributed by atoms with Gasteiger partial charge >= 0.3 is 0 Å². The van der Waals surface area contributed by atoms with Gasteiger partial charge in [-0.2, -0.15) is 0 Å². The van der Waals surface area contributed by atoms with E-state index in [-0.39, 0.29) is 6.54 Å². The van der Waals surface area contributed by atoms with Crippen molar-refractivity contribution < 1.29 is 10.2 Å². The van der Waals surface area contributed by atoms with Gasteiger partial charge in [0, 0.05) is 12.5 Å². The lowest BCUT2D eigenvalue weighted by atomic mass is 10.1. The topological polar surface area (TPSA) is 92.5 Å². The molecule has 0 rings (SSSR count). The third kappa shape index (κ3) is 3.07. The quantitative estimate of drug-likeness (QED) is 0.346. The maximum absolute atomic E-state index is 8.51. The molecule has 1 unspecified atom stereocenters. The van der Waals surface area contributed by atoms with Crippen molar-refractivity contribution in [1.82, 2.24) is 0 Å². The molecule has 0 aromatic carbocycles. The Morgan fingerprint density at radius 3 is 2.11 bits per heavy atom. The SMILES string of the molecule is N/C=C\C(CN)C(O)O. The second kappa shape index (κ2) is 4.31. The first-order valence-electron chi connectivity index (χ1n) is 2.67. The Labute approximate surface area is 53.8 Å². The van der Waals surface area contributed by atoms with E-state index in [0.29, 0.717) is 0 Å². The zero-order valence-electron chi connectivity index (χ0n) is 5.07. The molecule has 54 valence electrons. The van der Waals surface area contributed by atoms with Crippen LogP contribution in [0.15, 0.2) is 12.3 Å². The minimum absolute atomic E-state index is 0.186. The number of aliphatic hydroxyl groups excluding tert-OH is 1. The van der Waals surface area contributed by atoms with Crippen LogP contribution in [0.2, 0.25) is 0 Å². The lowest BCUT2D eigenvalue weighted by Crippen LogP contribution is -2.25. The minimum atomic E-state index is -1.41. The van der Waals surface area contributed by atoms with E-state index in [1.54, 1.807) is 0 Å². The molecule has 0 fully saturated rings. The third-order valence-corrected chi connectivity index (χ3v) is 1.01. The summed E-state index contributed by atoms with van der Waals surface area (Å²) in [5, 5.41) is 17.0. The summed E-state index contributed by atoms with van der Waals surface area (Å²) in [6.45, 7) is 0.186. The molecule has 0 bridgehead atoms. The second-order valence-electron chi connectivity index (χ2n) is 1.70. The van der Waals surface area contributed by atoms with Gasteiger partial charge in [-0.25, -0.2) is 0 Å². The average Bonchev–Trinajstić information content (AvgIpc) is 1.82. The fourth-order valence-electron chi connectivity index (χ4n) is 0.442. The summed E-state index contributed by atoms with van der Waals surface area (Å²) >= 11 is 0. The van der Waals surface area contributed by atoms with Gasteiger partial charge < -0.3 is 21.7 Å². The molecule has 0 aromatic rings. The molecule has 0 aliphatic carbocycles. The molecular weight excluding hydrogens is 120 g/mol. The lowest BCUT2D eigenvalue weighted by Gasteiger charge is -2.10. The molecule has 0 spiro atoms. The van der Waals surface area contributed by atoms with Crippen LogP contribution in [0.5, 0.6) is 0 Å². The van der Waals surface area contributed by atoms with E-state index >= 15 is 0 Å². The van der Waals surface area contributed by atoms with Gasteiger partial charge in [0.2, 0.25) is 0 Å². The predicted octanol–water partition coefficient (Wildman–Crippen LogP) is -1.66. The van der Waals surface area contributed by atoms with Crippen molar-refractivity contribution in [3.63, 3.8) is 0 Å². The van der Waals surface area contributed by atoms with Crippen molar-refractivity contribution in [3.05, 3.63) is 12.3 Å². The van der Waals surface area contributed by atoms with E-state index < -0.39 is 12.2 Å². The predicted molar refractivity (Wildman–Crippen MR) is 34.1 cm³/mol. The van der Waals surface area contributed by atoms with E-state index in [9.17, 15) is 0 Å². The van der Waals surface area contributed by atoms with E-state index in [1.807, 2.05) is 0 Å². The van der Waals surface area contributed by atoms with Crippen molar-refractivity contribution in [2.45, 2.75) is 6.29 Å². The zero-order chi connectivity index (χ0) is 7.28. The van der Waals surface area contributed by atoms with Crippen LogP contribution in [0, 0.1) is 5.92 Å². The molecule has 0 aliphatic heterocycles. The molecular formula is C5H12N2O2. The van der Waals surface area contributed by atoms with Crippen LogP contribution in [0.3, 0.4) is 0 Å². The molecule has 0 heterocycles. The highest BCUT2D eigenvalue weighted by Crippen LogP contribution is 1.98.